The van der Waals surface area contributed by atoms with Gasteiger partial charge in [-0.1, -0.05) is 23.9 Å². The fourth-order valence-corrected chi connectivity index (χ4v) is 2.49. The van der Waals surface area contributed by atoms with Crippen LogP contribution in [0.2, 0.25) is 0 Å². The number of aromatic nitrogens is 4. The van der Waals surface area contributed by atoms with Gasteiger partial charge in [0.15, 0.2) is 11.0 Å². The second-order valence-electron chi connectivity index (χ2n) is 4.28. The molecule has 1 amide bonds. The summed E-state index contributed by atoms with van der Waals surface area (Å²) in [4.78, 5) is 16.0. The van der Waals surface area contributed by atoms with Crippen molar-refractivity contribution in [2.75, 3.05) is 18.2 Å². The summed E-state index contributed by atoms with van der Waals surface area (Å²) in [6.45, 7) is 4.64. The van der Waals surface area contributed by atoms with Crippen LogP contribution in [0.1, 0.15) is 5.82 Å². The second-order valence-corrected chi connectivity index (χ2v) is 5.23. The van der Waals surface area contributed by atoms with Gasteiger partial charge in [-0.05, 0) is 12.1 Å². The van der Waals surface area contributed by atoms with Gasteiger partial charge >= 0.3 is 0 Å². The number of ether oxygens (including phenoxy) is 1. The Morgan fingerprint density at radius 3 is 3.05 bits per heavy atom. The Morgan fingerprint density at radius 2 is 2.36 bits per heavy atom. The molecule has 0 aliphatic carbocycles. The number of rotatable bonds is 8. The Bertz CT molecular complexity index is 629. The number of carbonyl (C=O) groups excluding carboxylic acids is 1. The fraction of sp³-hybridized carbons (Fsp3) is 0.286. The van der Waals surface area contributed by atoms with E-state index < -0.39 is 0 Å². The number of allylic oxidation sites excluding steroid dienone is 1. The highest BCUT2D eigenvalue weighted by Gasteiger charge is 2.13. The van der Waals surface area contributed by atoms with Gasteiger partial charge in [0.2, 0.25) is 5.91 Å². The highest BCUT2D eigenvalue weighted by Crippen LogP contribution is 2.18. The lowest BCUT2D eigenvalue weighted by Crippen LogP contribution is -2.15. The summed E-state index contributed by atoms with van der Waals surface area (Å²) in [5.74, 6) is 1.31. The number of carbonyl (C=O) groups is 1. The van der Waals surface area contributed by atoms with Crippen molar-refractivity contribution in [3.8, 4) is 0 Å². The van der Waals surface area contributed by atoms with E-state index in [-0.39, 0.29) is 11.7 Å². The van der Waals surface area contributed by atoms with E-state index in [1.54, 1.807) is 31.5 Å². The van der Waals surface area contributed by atoms with Crippen molar-refractivity contribution >= 4 is 23.5 Å². The van der Waals surface area contributed by atoms with Crippen LogP contribution in [-0.2, 0) is 22.7 Å². The van der Waals surface area contributed by atoms with Gasteiger partial charge in [0, 0.05) is 19.9 Å². The molecule has 0 radical (unpaired) electrons. The minimum Gasteiger partial charge on any atom is -0.377 e. The Balaban J connectivity index is 1.96. The third kappa shape index (κ3) is 4.40. The predicted molar refractivity (Wildman–Crippen MR) is 84.5 cm³/mol. The van der Waals surface area contributed by atoms with Gasteiger partial charge in [-0.3, -0.25) is 4.79 Å². The van der Waals surface area contributed by atoms with E-state index in [2.05, 4.69) is 27.1 Å². The lowest BCUT2D eigenvalue weighted by Gasteiger charge is -2.07. The maximum absolute atomic E-state index is 11.9. The Labute approximate surface area is 132 Å². The molecule has 2 aromatic heterocycles. The second kappa shape index (κ2) is 8.30. The van der Waals surface area contributed by atoms with E-state index in [9.17, 15) is 4.79 Å². The Morgan fingerprint density at radius 1 is 1.50 bits per heavy atom. The van der Waals surface area contributed by atoms with Crippen LogP contribution in [0.25, 0.3) is 0 Å². The van der Waals surface area contributed by atoms with E-state index in [0.717, 1.165) is 0 Å². The lowest BCUT2D eigenvalue weighted by atomic mass is 10.4. The smallest absolute Gasteiger partial charge is 0.236 e. The molecule has 0 aliphatic rings. The topological polar surface area (TPSA) is 81.9 Å². The lowest BCUT2D eigenvalue weighted by molar-refractivity contribution is -0.113. The van der Waals surface area contributed by atoms with Crippen molar-refractivity contribution in [3.63, 3.8) is 0 Å². The van der Waals surface area contributed by atoms with Crippen molar-refractivity contribution in [2.24, 2.45) is 0 Å². The molecular weight excluding hydrogens is 302 g/mol. The summed E-state index contributed by atoms with van der Waals surface area (Å²) in [6.07, 6.45) is 3.38. The molecule has 2 rings (SSSR count). The van der Waals surface area contributed by atoms with E-state index >= 15 is 0 Å². The molecule has 0 aliphatic heterocycles. The predicted octanol–water partition coefficient (Wildman–Crippen LogP) is 1.74. The normalized spacial score (nSPS) is 10.4. The van der Waals surface area contributed by atoms with Gasteiger partial charge < -0.3 is 14.6 Å². The highest BCUT2D eigenvalue weighted by molar-refractivity contribution is 7.99. The van der Waals surface area contributed by atoms with Crippen molar-refractivity contribution in [1.29, 1.82) is 0 Å². The van der Waals surface area contributed by atoms with Crippen molar-refractivity contribution in [2.45, 2.75) is 18.3 Å². The standard InChI is InChI=1S/C14H17N5O2S/c1-3-8-19-12(9-21-2)17-18-14(19)22-10-13(20)16-11-6-4-5-7-15-11/h3-7H,1,8-10H2,2H3,(H,15,16,20). The molecule has 7 nitrogen and oxygen atoms in total. The van der Waals surface area contributed by atoms with E-state index in [0.29, 0.717) is 30.0 Å². The van der Waals surface area contributed by atoms with Crippen LogP contribution in [0.15, 0.2) is 42.2 Å². The average Bonchev–Trinajstić information content (AvgIpc) is 2.89. The summed E-state index contributed by atoms with van der Waals surface area (Å²) in [5.41, 5.74) is 0. The van der Waals surface area contributed by atoms with Crippen LogP contribution >= 0.6 is 11.8 Å². The molecule has 116 valence electrons. The first-order valence-electron chi connectivity index (χ1n) is 6.60. The van der Waals surface area contributed by atoms with Crippen molar-refractivity contribution < 1.29 is 9.53 Å². The number of hydrogen-bond acceptors (Lipinski definition) is 6. The molecule has 0 aromatic carbocycles. The van der Waals surface area contributed by atoms with E-state index in [1.165, 1.54) is 11.8 Å². The third-order valence-corrected chi connectivity index (χ3v) is 3.61. The molecule has 0 spiro atoms. The first-order valence-corrected chi connectivity index (χ1v) is 7.58. The first-order chi connectivity index (χ1) is 10.7. The van der Waals surface area contributed by atoms with Gasteiger partial charge in [0.05, 0.1) is 5.75 Å². The number of anilines is 1. The average molecular weight is 319 g/mol. The minimum absolute atomic E-state index is 0.148. The van der Waals surface area contributed by atoms with Crippen LogP contribution < -0.4 is 5.32 Å². The summed E-state index contributed by atoms with van der Waals surface area (Å²) < 4.78 is 6.95. The Kier molecular flexibility index (Phi) is 6.11. The zero-order chi connectivity index (χ0) is 15.8. The van der Waals surface area contributed by atoms with Crippen LogP contribution in [0.5, 0.6) is 0 Å². The number of hydrogen-bond donors (Lipinski definition) is 1. The van der Waals surface area contributed by atoms with Gasteiger partial charge in [0.25, 0.3) is 0 Å². The van der Waals surface area contributed by atoms with Crippen LogP contribution in [-0.4, -0.2) is 38.5 Å². The monoisotopic (exact) mass is 319 g/mol. The molecule has 0 atom stereocenters. The summed E-state index contributed by atoms with van der Waals surface area (Å²) in [5, 5.41) is 11.5. The Hall–Kier alpha value is -2.19. The third-order valence-electron chi connectivity index (χ3n) is 2.64. The molecule has 0 bridgehead atoms. The van der Waals surface area contributed by atoms with Crippen molar-refractivity contribution in [1.82, 2.24) is 19.7 Å². The molecule has 0 fully saturated rings. The van der Waals surface area contributed by atoms with Crippen LogP contribution in [0.4, 0.5) is 5.82 Å². The van der Waals surface area contributed by atoms with Crippen LogP contribution in [0, 0.1) is 0 Å². The number of pyridine rings is 1. The summed E-state index contributed by atoms with van der Waals surface area (Å²) in [7, 11) is 1.60. The number of methoxy groups -OCH3 is 1. The largest absolute Gasteiger partial charge is 0.377 e. The van der Waals surface area contributed by atoms with Crippen LogP contribution in [0.3, 0.4) is 0 Å². The number of nitrogens with zero attached hydrogens (tertiary/aromatic N) is 4. The first kappa shape index (κ1) is 16.2. The molecular formula is C14H17N5O2S. The van der Waals surface area contributed by atoms with Gasteiger partial charge in [-0.25, -0.2) is 4.98 Å². The molecule has 2 heterocycles. The van der Waals surface area contributed by atoms with E-state index in [4.69, 9.17) is 4.74 Å². The molecule has 0 unspecified atom stereocenters. The zero-order valence-electron chi connectivity index (χ0n) is 12.2. The fourth-order valence-electron chi connectivity index (χ4n) is 1.72. The van der Waals surface area contributed by atoms with Gasteiger partial charge in [0.1, 0.15) is 12.4 Å². The zero-order valence-corrected chi connectivity index (χ0v) is 13.0. The number of amides is 1. The summed E-state index contributed by atoms with van der Waals surface area (Å²) in [6, 6.07) is 5.34. The number of thioether (sulfide) groups is 1. The quantitative estimate of drug-likeness (QED) is 0.589. The minimum atomic E-state index is -0.148. The molecule has 0 saturated heterocycles. The summed E-state index contributed by atoms with van der Waals surface area (Å²) >= 11 is 1.31. The molecule has 1 N–H and O–H groups in total. The highest BCUT2D eigenvalue weighted by atomic mass is 32.2. The molecule has 22 heavy (non-hydrogen) atoms. The van der Waals surface area contributed by atoms with Gasteiger partial charge in [-0.2, -0.15) is 0 Å². The maximum Gasteiger partial charge on any atom is 0.236 e. The SMILES string of the molecule is C=CCn1c(COC)nnc1SCC(=O)Nc1ccccn1. The number of nitrogens with one attached hydrogen (secondary N) is 1. The van der Waals surface area contributed by atoms with Crippen molar-refractivity contribution in [3.05, 3.63) is 42.9 Å². The van der Waals surface area contributed by atoms with Gasteiger partial charge in [-0.15, -0.1) is 16.8 Å². The van der Waals surface area contributed by atoms with E-state index in [1.807, 2.05) is 10.6 Å². The molecule has 2 aromatic rings. The molecule has 0 saturated carbocycles. The maximum atomic E-state index is 11.9. The molecule has 8 heteroatoms.